The van der Waals surface area contributed by atoms with Crippen molar-refractivity contribution in [2.75, 3.05) is 0 Å². The SMILES string of the molecule is CC1=C[CH-]C(C)(C)c2cc3c(cc21)-c1cc2c(cc1C3)C(C)(C)CC=C2C.C[C](C)=[Zr+2].Cc1cc(C(C)(C)C)c[cH-]1.[Cl-].[Cl-]. The second-order valence-corrected chi connectivity index (χ2v) is 17.4. The van der Waals surface area contributed by atoms with Gasteiger partial charge in [-0.25, -0.2) is 18.6 Å². The fourth-order valence-corrected chi connectivity index (χ4v) is 6.20. The third-order valence-electron chi connectivity index (χ3n) is 8.87. The average Bonchev–Trinajstić information content (AvgIpc) is 3.46. The van der Waals surface area contributed by atoms with Gasteiger partial charge >= 0.3 is 41.3 Å². The molecule has 0 nitrogen and oxygen atoms in total. The molecule has 3 aliphatic rings. The molecule has 0 saturated carbocycles. The Morgan fingerprint density at radius 3 is 1.74 bits per heavy atom. The van der Waals surface area contributed by atoms with Crippen LogP contribution < -0.4 is 24.8 Å². The van der Waals surface area contributed by atoms with Gasteiger partial charge in [0.05, 0.1) is 0 Å². The number of rotatable bonds is 0. The third-order valence-corrected chi connectivity index (χ3v) is 8.87. The summed E-state index contributed by atoms with van der Waals surface area (Å²) in [6.07, 6.45) is 9.28. The third kappa shape index (κ3) is 8.20. The molecule has 0 saturated heterocycles. The molecule has 230 valence electrons. The summed E-state index contributed by atoms with van der Waals surface area (Å²) in [6.45, 7) is 27.0. The van der Waals surface area contributed by atoms with E-state index in [0.717, 1.165) is 12.8 Å². The van der Waals surface area contributed by atoms with Crippen LogP contribution in [0.15, 0.2) is 54.6 Å². The van der Waals surface area contributed by atoms with Gasteiger partial charge in [-0.1, -0.05) is 96.1 Å². The van der Waals surface area contributed by atoms with E-state index in [1.54, 1.807) is 24.2 Å². The molecular formula is C40H50Cl2Zr-2. The van der Waals surface area contributed by atoms with Crippen LogP contribution in [-0.4, -0.2) is 3.21 Å². The molecule has 0 N–H and O–H groups in total. The van der Waals surface area contributed by atoms with Crippen LogP contribution in [0.4, 0.5) is 0 Å². The molecular weight excluding hydrogens is 643 g/mol. The smallest absolute Gasteiger partial charge is 0.0635 e. The predicted molar refractivity (Wildman–Crippen MR) is 179 cm³/mol. The number of hydrogen-bond donors (Lipinski definition) is 0. The molecule has 0 bridgehead atoms. The van der Waals surface area contributed by atoms with Crippen LogP contribution in [0.3, 0.4) is 0 Å². The van der Waals surface area contributed by atoms with Gasteiger partial charge in [-0.2, -0.15) is 28.8 Å². The first-order chi connectivity index (χ1) is 18.9. The summed E-state index contributed by atoms with van der Waals surface area (Å²) in [5.74, 6) is 0. The zero-order valence-corrected chi connectivity index (χ0v) is 32.4. The number of fused-ring (bicyclic) bond motifs is 5. The maximum Gasteiger partial charge on any atom is -0.0635 e. The molecule has 3 aliphatic carbocycles. The second kappa shape index (κ2) is 13.9. The summed E-state index contributed by atoms with van der Waals surface area (Å²) < 4.78 is 1.51. The van der Waals surface area contributed by atoms with Crippen molar-refractivity contribution in [2.45, 2.75) is 112 Å². The molecule has 0 aliphatic heterocycles. The quantitative estimate of drug-likeness (QED) is 0.228. The van der Waals surface area contributed by atoms with E-state index in [0.29, 0.717) is 5.41 Å². The van der Waals surface area contributed by atoms with Gasteiger partial charge in [0, 0.05) is 0 Å². The van der Waals surface area contributed by atoms with Crippen molar-refractivity contribution >= 4 is 14.4 Å². The van der Waals surface area contributed by atoms with Crippen LogP contribution in [0.5, 0.6) is 0 Å². The van der Waals surface area contributed by atoms with Crippen LogP contribution in [0.2, 0.25) is 0 Å². The van der Waals surface area contributed by atoms with Gasteiger partial charge in [-0.15, -0.1) is 12.5 Å². The van der Waals surface area contributed by atoms with Crippen molar-refractivity contribution in [1.82, 2.24) is 0 Å². The fraction of sp³-hybridized carbons (Fsp3) is 0.425. The normalized spacial score (nSPS) is 16.3. The van der Waals surface area contributed by atoms with E-state index < -0.39 is 0 Å². The van der Waals surface area contributed by atoms with Crippen LogP contribution in [-0.2, 0) is 46.9 Å². The van der Waals surface area contributed by atoms with Crippen molar-refractivity contribution in [1.29, 1.82) is 0 Å². The number of hydrogen-bond acceptors (Lipinski definition) is 0. The van der Waals surface area contributed by atoms with Crippen molar-refractivity contribution in [3.8, 4) is 11.1 Å². The monoisotopic (exact) mass is 690 g/mol. The molecule has 3 aromatic rings. The maximum absolute atomic E-state index is 2.51. The van der Waals surface area contributed by atoms with Crippen LogP contribution in [0.25, 0.3) is 22.3 Å². The van der Waals surface area contributed by atoms with Crippen LogP contribution in [0, 0.1) is 13.3 Å². The molecule has 3 heteroatoms. The molecule has 0 aromatic heterocycles. The predicted octanol–water partition coefficient (Wildman–Crippen LogP) is 5.01. The van der Waals surface area contributed by atoms with Crippen molar-refractivity contribution < 1.29 is 49.0 Å². The first-order valence-corrected chi connectivity index (χ1v) is 16.4. The van der Waals surface area contributed by atoms with Crippen molar-refractivity contribution in [3.05, 3.63) is 106 Å². The minimum atomic E-state index is 0. The van der Waals surface area contributed by atoms with Crippen LogP contribution in [0.1, 0.15) is 127 Å². The van der Waals surface area contributed by atoms with Gasteiger partial charge in [0.25, 0.3) is 0 Å². The van der Waals surface area contributed by atoms with Gasteiger partial charge in [0.1, 0.15) is 0 Å². The zero-order valence-electron chi connectivity index (χ0n) is 28.4. The standard InChI is InChI=1S/C27H29.C10H15.C3H6.2ClH.Zr/c1-16-7-9-26(3,4)24-12-18-11-19-13-25-21(17(2)8-10-27(25,5)6)15-23(19)22(18)14-20(16)24;1-8-5-6-9(7-8)10(2,3)4;1-3-2;;;/h7-9,12-15H,10-11H2,1-6H3;5-7H,1-4H3;1-2H3;2*1H;/q2*-1;;;;+2/p-2. The fourth-order valence-electron chi connectivity index (χ4n) is 6.20. The Morgan fingerprint density at radius 1 is 0.767 bits per heavy atom. The molecule has 0 spiro atoms. The molecule has 43 heavy (non-hydrogen) atoms. The molecule has 0 fully saturated rings. The van der Waals surface area contributed by atoms with Crippen molar-refractivity contribution in [3.63, 3.8) is 0 Å². The Bertz CT molecular complexity index is 1460. The van der Waals surface area contributed by atoms with E-state index in [-0.39, 0.29) is 35.6 Å². The van der Waals surface area contributed by atoms with Gasteiger partial charge in [0.15, 0.2) is 0 Å². The van der Waals surface area contributed by atoms with E-state index in [1.807, 2.05) is 0 Å². The first-order valence-electron chi connectivity index (χ1n) is 15.2. The van der Waals surface area contributed by atoms with E-state index >= 15 is 0 Å². The van der Waals surface area contributed by atoms with Crippen molar-refractivity contribution in [2.24, 2.45) is 0 Å². The largest absolute Gasteiger partial charge is 1.00 e. The minimum Gasteiger partial charge on any atom is -1.00 e. The summed E-state index contributed by atoms with van der Waals surface area (Å²) in [7, 11) is 0. The second-order valence-electron chi connectivity index (χ2n) is 14.9. The van der Waals surface area contributed by atoms with E-state index in [2.05, 4.69) is 144 Å². The number of benzene rings is 2. The molecule has 0 unspecified atom stereocenters. The van der Waals surface area contributed by atoms with E-state index in [1.165, 1.54) is 70.0 Å². The Morgan fingerprint density at radius 2 is 1.28 bits per heavy atom. The number of allylic oxidation sites excluding steroid dienone is 4. The molecule has 3 aromatic carbocycles. The van der Waals surface area contributed by atoms with Gasteiger partial charge in [-0.3, -0.25) is 0 Å². The van der Waals surface area contributed by atoms with Gasteiger partial charge in [-0.05, 0) is 70.2 Å². The Labute approximate surface area is 290 Å². The topological polar surface area (TPSA) is 0 Å². The molecule has 0 amide bonds. The molecule has 6 rings (SSSR count). The van der Waals surface area contributed by atoms with Crippen LogP contribution >= 0.6 is 0 Å². The zero-order chi connectivity index (χ0) is 30.5. The number of aryl methyl sites for hydroxylation is 1. The Kier molecular flexibility index (Phi) is 12.1. The summed E-state index contributed by atoms with van der Waals surface area (Å²) in [4.78, 5) is 0. The summed E-state index contributed by atoms with van der Waals surface area (Å²) in [5, 5.41) is 0. The van der Waals surface area contributed by atoms with Gasteiger partial charge in [0.2, 0.25) is 0 Å². The summed E-state index contributed by atoms with van der Waals surface area (Å²) in [6, 6.07) is 16.6. The number of halogens is 2. The maximum atomic E-state index is 2.51. The summed E-state index contributed by atoms with van der Waals surface area (Å²) >= 11 is 1.55. The molecule has 0 atom stereocenters. The van der Waals surface area contributed by atoms with E-state index in [9.17, 15) is 0 Å². The Hall–Kier alpha value is -1.53. The molecule has 0 heterocycles. The van der Waals surface area contributed by atoms with E-state index in [4.69, 9.17) is 0 Å². The first kappa shape index (κ1) is 37.7. The Balaban J connectivity index is 0.000000340. The minimum absolute atomic E-state index is 0. The summed E-state index contributed by atoms with van der Waals surface area (Å²) in [5.41, 5.74) is 18.1. The van der Waals surface area contributed by atoms with Gasteiger partial charge < -0.3 is 24.8 Å². The average molecular weight is 693 g/mol. The molecule has 0 radical (unpaired) electrons.